The molecule has 0 bridgehead atoms. The molecule has 0 saturated carbocycles. The first-order valence-corrected chi connectivity index (χ1v) is 5.03. The van der Waals surface area contributed by atoms with Crippen LogP contribution in [0.5, 0.6) is 6.08 Å². The normalized spacial score (nSPS) is 10.4. The highest BCUT2D eigenvalue weighted by Crippen LogP contribution is 2.24. The Kier molecular flexibility index (Phi) is 2.76. The molecule has 5 heteroatoms. The summed E-state index contributed by atoms with van der Waals surface area (Å²) in [7, 11) is 0. The fraction of sp³-hybridized carbons (Fsp3) is 0.273. The molecule has 84 valence electrons. The maximum atomic E-state index is 5.73. The molecule has 0 radical (unpaired) electrons. The highest BCUT2D eigenvalue weighted by Gasteiger charge is 2.09. The van der Waals surface area contributed by atoms with Gasteiger partial charge in [0.25, 0.3) is 5.89 Å². The smallest absolute Gasteiger partial charge is 0.414 e. The van der Waals surface area contributed by atoms with Crippen LogP contribution in [0.2, 0.25) is 0 Å². The lowest BCUT2D eigenvalue weighted by Gasteiger charge is -2.00. The summed E-state index contributed by atoms with van der Waals surface area (Å²) in [5.41, 5.74) is 8.29. The molecule has 0 amide bonds. The van der Waals surface area contributed by atoms with Crippen LogP contribution in [0.25, 0.3) is 11.5 Å². The van der Waals surface area contributed by atoms with Crippen molar-refractivity contribution in [3.8, 4) is 17.5 Å². The minimum Gasteiger partial charge on any atom is -0.449 e. The number of nitrogen functional groups attached to an aromatic ring is 1. The van der Waals surface area contributed by atoms with Gasteiger partial charge < -0.3 is 14.9 Å². The SMILES string of the molecule is CCOc1nnc(-c2ccc(N)c(C)c2)o1. The number of aromatic nitrogens is 2. The van der Waals surface area contributed by atoms with Gasteiger partial charge in [-0.25, -0.2) is 0 Å². The minimum absolute atomic E-state index is 0.187. The van der Waals surface area contributed by atoms with Gasteiger partial charge in [-0.1, -0.05) is 5.10 Å². The second kappa shape index (κ2) is 4.22. The maximum absolute atomic E-state index is 5.73. The summed E-state index contributed by atoms with van der Waals surface area (Å²) < 4.78 is 10.4. The van der Waals surface area contributed by atoms with E-state index in [0.29, 0.717) is 12.5 Å². The molecule has 0 unspecified atom stereocenters. The Labute approximate surface area is 93.2 Å². The Morgan fingerprint density at radius 3 is 2.88 bits per heavy atom. The number of aryl methyl sites for hydroxylation is 1. The Morgan fingerprint density at radius 1 is 1.38 bits per heavy atom. The van der Waals surface area contributed by atoms with Crippen molar-refractivity contribution in [2.75, 3.05) is 12.3 Å². The summed E-state index contributed by atoms with van der Waals surface area (Å²) in [4.78, 5) is 0. The molecule has 2 N–H and O–H groups in total. The molecule has 0 saturated heterocycles. The average molecular weight is 219 g/mol. The summed E-state index contributed by atoms with van der Waals surface area (Å²) in [6.07, 6.45) is 0.187. The van der Waals surface area contributed by atoms with E-state index in [0.717, 1.165) is 16.8 Å². The largest absolute Gasteiger partial charge is 0.449 e. The van der Waals surface area contributed by atoms with Gasteiger partial charge in [0, 0.05) is 11.3 Å². The minimum atomic E-state index is 0.187. The third-order valence-corrected chi connectivity index (χ3v) is 2.19. The number of hydrogen-bond donors (Lipinski definition) is 1. The quantitative estimate of drug-likeness (QED) is 0.799. The van der Waals surface area contributed by atoms with Crippen LogP contribution < -0.4 is 10.5 Å². The summed E-state index contributed by atoms with van der Waals surface area (Å²) in [6.45, 7) is 4.29. The molecule has 16 heavy (non-hydrogen) atoms. The molecule has 0 aliphatic carbocycles. The first-order valence-electron chi connectivity index (χ1n) is 5.03. The van der Waals surface area contributed by atoms with Gasteiger partial charge in [-0.15, -0.1) is 5.10 Å². The number of nitrogens with two attached hydrogens (primary N) is 1. The third kappa shape index (κ3) is 1.98. The molecule has 0 fully saturated rings. The molecule has 5 nitrogen and oxygen atoms in total. The Hall–Kier alpha value is -2.04. The van der Waals surface area contributed by atoms with Crippen molar-refractivity contribution in [2.24, 2.45) is 0 Å². The van der Waals surface area contributed by atoms with Crippen molar-refractivity contribution in [3.63, 3.8) is 0 Å². The van der Waals surface area contributed by atoms with Gasteiger partial charge in [-0.3, -0.25) is 0 Å². The number of hydrogen-bond acceptors (Lipinski definition) is 5. The van der Waals surface area contributed by atoms with E-state index < -0.39 is 0 Å². The molecule has 1 aromatic carbocycles. The van der Waals surface area contributed by atoms with Crippen molar-refractivity contribution in [1.82, 2.24) is 10.2 Å². The predicted octanol–water partition coefficient (Wildman–Crippen LogP) is 2.03. The van der Waals surface area contributed by atoms with Crippen molar-refractivity contribution in [2.45, 2.75) is 13.8 Å². The zero-order valence-electron chi connectivity index (χ0n) is 9.23. The van der Waals surface area contributed by atoms with E-state index in [-0.39, 0.29) is 6.08 Å². The van der Waals surface area contributed by atoms with E-state index in [1.807, 2.05) is 32.0 Å². The molecule has 0 aliphatic heterocycles. The maximum Gasteiger partial charge on any atom is 0.414 e. The molecule has 0 aliphatic rings. The molecular weight excluding hydrogens is 206 g/mol. The summed E-state index contributed by atoms with van der Waals surface area (Å²) in [5, 5.41) is 7.66. The monoisotopic (exact) mass is 219 g/mol. The topological polar surface area (TPSA) is 74.2 Å². The van der Waals surface area contributed by atoms with Crippen LogP contribution in [0.15, 0.2) is 22.6 Å². The molecular formula is C11H13N3O2. The van der Waals surface area contributed by atoms with E-state index in [9.17, 15) is 0 Å². The van der Waals surface area contributed by atoms with Gasteiger partial charge in [0.15, 0.2) is 0 Å². The van der Waals surface area contributed by atoms with Crippen LogP contribution in [-0.4, -0.2) is 16.8 Å². The van der Waals surface area contributed by atoms with Gasteiger partial charge in [-0.05, 0) is 37.6 Å². The number of anilines is 1. The second-order valence-electron chi connectivity index (χ2n) is 3.38. The number of rotatable bonds is 3. The molecule has 1 aromatic heterocycles. The fourth-order valence-corrected chi connectivity index (χ4v) is 1.32. The molecule has 2 aromatic rings. The highest BCUT2D eigenvalue weighted by atomic mass is 16.6. The van der Waals surface area contributed by atoms with Crippen molar-refractivity contribution in [3.05, 3.63) is 23.8 Å². The molecule has 1 heterocycles. The van der Waals surface area contributed by atoms with Crippen LogP contribution in [0.3, 0.4) is 0 Å². The Balaban J connectivity index is 2.31. The Bertz CT molecular complexity index is 494. The number of benzene rings is 1. The van der Waals surface area contributed by atoms with Gasteiger partial charge in [0.2, 0.25) is 0 Å². The van der Waals surface area contributed by atoms with Crippen LogP contribution in [0.1, 0.15) is 12.5 Å². The van der Waals surface area contributed by atoms with Gasteiger partial charge >= 0.3 is 6.08 Å². The number of nitrogens with zero attached hydrogens (tertiary/aromatic N) is 2. The van der Waals surface area contributed by atoms with Gasteiger partial charge in [0.1, 0.15) is 0 Å². The van der Waals surface area contributed by atoms with Crippen LogP contribution >= 0.6 is 0 Å². The lowest BCUT2D eigenvalue weighted by molar-refractivity contribution is 0.247. The van der Waals surface area contributed by atoms with E-state index in [1.165, 1.54) is 0 Å². The van der Waals surface area contributed by atoms with Crippen molar-refractivity contribution in [1.29, 1.82) is 0 Å². The molecule has 0 spiro atoms. The van der Waals surface area contributed by atoms with Crippen LogP contribution in [0.4, 0.5) is 5.69 Å². The van der Waals surface area contributed by atoms with Gasteiger partial charge in [-0.2, -0.15) is 0 Å². The summed E-state index contributed by atoms with van der Waals surface area (Å²) in [5.74, 6) is 0.437. The van der Waals surface area contributed by atoms with E-state index in [1.54, 1.807) is 0 Å². The third-order valence-electron chi connectivity index (χ3n) is 2.19. The van der Waals surface area contributed by atoms with E-state index >= 15 is 0 Å². The zero-order chi connectivity index (χ0) is 11.5. The lowest BCUT2D eigenvalue weighted by atomic mass is 10.1. The Morgan fingerprint density at radius 2 is 2.19 bits per heavy atom. The summed E-state index contributed by atoms with van der Waals surface area (Å²) >= 11 is 0. The predicted molar refractivity (Wildman–Crippen MR) is 60.1 cm³/mol. The first kappa shape index (κ1) is 10.5. The van der Waals surface area contributed by atoms with E-state index in [4.69, 9.17) is 14.9 Å². The average Bonchev–Trinajstić information content (AvgIpc) is 2.71. The van der Waals surface area contributed by atoms with E-state index in [2.05, 4.69) is 10.2 Å². The summed E-state index contributed by atoms with van der Waals surface area (Å²) in [6, 6.07) is 5.55. The van der Waals surface area contributed by atoms with Crippen LogP contribution in [0, 0.1) is 6.92 Å². The van der Waals surface area contributed by atoms with Gasteiger partial charge in [0.05, 0.1) is 6.61 Å². The standard InChI is InChI=1S/C11H13N3O2/c1-3-15-11-14-13-10(16-11)8-4-5-9(12)7(2)6-8/h4-6H,3,12H2,1-2H3. The molecule has 0 atom stereocenters. The fourth-order valence-electron chi connectivity index (χ4n) is 1.32. The first-order chi connectivity index (χ1) is 7.70. The lowest BCUT2D eigenvalue weighted by Crippen LogP contribution is -1.90. The van der Waals surface area contributed by atoms with Crippen molar-refractivity contribution >= 4 is 5.69 Å². The highest BCUT2D eigenvalue weighted by molar-refractivity contribution is 5.60. The molecule has 2 rings (SSSR count). The number of ether oxygens (including phenoxy) is 1. The zero-order valence-corrected chi connectivity index (χ0v) is 9.23. The second-order valence-corrected chi connectivity index (χ2v) is 3.38. The van der Waals surface area contributed by atoms with Crippen molar-refractivity contribution < 1.29 is 9.15 Å². The van der Waals surface area contributed by atoms with Crippen LogP contribution in [-0.2, 0) is 0 Å².